The second-order valence-corrected chi connectivity index (χ2v) is 3.78. The van der Waals surface area contributed by atoms with E-state index in [-0.39, 0.29) is 17.1 Å². The van der Waals surface area contributed by atoms with Gasteiger partial charge in [-0.3, -0.25) is 9.59 Å². The summed E-state index contributed by atoms with van der Waals surface area (Å²) < 4.78 is 33.3. The summed E-state index contributed by atoms with van der Waals surface area (Å²) in [7, 11) is 1.23. The predicted octanol–water partition coefficient (Wildman–Crippen LogP) is 1.50. The van der Waals surface area contributed by atoms with Gasteiger partial charge >= 0.3 is 12.6 Å². The number of rotatable bonds is 6. The highest BCUT2D eigenvalue weighted by Crippen LogP contribution is 2.29. The van der Waals surface area contributed by atoms with Gasteiger partial charge in [0.2, 0.25) is 0 Å². The first kappa shape index (κ1) is 15.7. The van der Waals surface area contributed by atoms with Gasteiger partial charge in [-0.05, 0) is 25.1 Å². The number of carbonyl (C=O) groups is 2. The summed E-state index contributed by atoms with van der Waals surface area (Å²) >= 11 is 0. The Kier molecular flexibility index (Phi) is 5.24. The molecule has 20 heavy (non-hydrogen) atoms. The average Bonchev–Trinajstić information content (AvgIpc) is 2.38. The van der Waals surface area contributed by atoms with Crippen LogP contribution in [0.3, 0.4) is 0 Å². The summed E-state index contributed by atoms with van der Waals surface area (Å²) in [5, 5.41) is 10.9. The topological polar surface area (TPSA) is 84.9 Å². The van der Waals surface area contributed by atoms with Crippen LogP contribution in [0.1, 0.15) is 17.3 Å². The Labute approximate surface area is 113 Å². The number of halogens is 2. The third kappa shape index (κ3) is 4.08. The van der Waals surface area contributed by atoms with Crippen molar-refractivity contribution in [1.82, 2.24) is 5.32 Å². The van der Waals surface area contributed by atoms with Crippen molar-refractivity contribution >= 4 is 11.9 Å². The standard InChI is InChI=1S/C12H13F2NO5/c1-6(11(17)18)15-10(16)7-3-4-8(20-12(13)14)9(5-7)19-2/h3-6,12H,1-2H3,(H,15,16)(H,17,18)/t6-/m1/s1. The number of aliphatic carboxylic acids is 1. The molecule has 0 saturated heterocycles. The second-order valence-electron chi connectivity index (χ2n) is 3.78. The zero-order valence-electron chi connectivity index (χ0n) is 10.7. The molecule has 0 aliphatic heterocycles. The normalized spacial score (nSPS) is 11.8. The number of hydrogen-bond donors (Lipinski definition) is 2. The van der Waals surface area contributed by atoms with Crippen LogP contribution in [0.2, 0.25) is 0 Å². The molecule has 0 unspecified atom stereocenters. The number of carboxylic acid groups (broad SMARTS) is 1. The van der Waals surface area contributed by atoms with Gasteiger partial charge in [0.25, 0.3) is 5.91 Å². The summed E-state index contributed by atoms with van der Waals surface area (Å²) in [5.41, 5.74) is 0.0663. The van der Waals surface area contributed by atoms with Crippen LogP contribution in [-0.4, -0.2) is 36.7 Å². The molecule has 0 aliphatic rings. The largest absolute Gasteiger partial charge is 0.493 e. The van der Waals surface area contributed by atoms with Gasteiger partial charge in [0, 0.05) is 5.56 Å². The van der Waals surface area contributed by atoms with E-state index < -0.39 is 24.5 Å². The molecule has 0 radical (unpaired) electrons. The Bertz CT molecular complexity index is 507. The van der Waals surface area contributed by atoms with Gasteiger partial charge in [0.05, 0.1) is 7.11 Å². The maximum absolute atomic E-state index is 12.1. The average molecular weight is 289 g/mol. The van der Waals surface area contributed by atoms with Crippen LogP contribution < -0.4 is 14.8 Å². The van der Waals surface area contributed by atoms with E-state index in [1.54, 1.807) is 0 Å². The van der Waals surface area contributed by atoms with Crippen molar-refractivity contribution in [1.29, 1.82) is 0 Å². The van der Waals surface area contributed by atoms with Crippen LogP contribution in [0.25, 0.3) is 0 Å². The highest BCUT2D eigenvalue weighted by molar-refractivity contribution is 5.97. The van der Waals surface area contributed by atoms with Crippen molar-refractivity contribution < 1.29 is 33.0 Å². The van der Waals surface area contributed by atoms with Gasteiger partial charge < -0.3 is 19.9 Å². The Balaban J connectivity index is 2.92. The lowest BCUT2D eigenvalue weighted by Crippen LogP contribution is -2.38. The van der Waals surface area contributed by atoms with E-state index in [2.05, 4.69) is 10.1 Å². The lowest BCUT2D eigenvalue weighted by molar-refractivity contribution is -0.138. The van der Waals surface area contributed by atoms with Crippen molar-refractivity contribution in [2.45, 2.75) is 19.6 Å². The van der Waals surface area contributed by atoms with Gasteiger partial charge in [-0.25, -0.2) is 0 Å². The number of benzene rings is 1. The Morgan fingerprint density at radius 3 is 2.45 bits per heavy atom. The first-order chi connectivity index (χ1) is 9.35. The highest BCUT2D eigenvalue weighted by Gasteiger charge is 2.18. The molecular weight excluding hydrogens is 276 g/mol. The summed E-state index contributed by atoms with van der Waals surface area (Å²) in [6.45, 7) is -1.72. The molecule has 2 N–H and O–H groups in total. The van der Waals surface area contributed by atoms with Crippen molar-refractivity contribution in [3.63, 3.8) is 0 Å². The number of carbonyl (C=O) groups excluding carboxylic acids is 1. The summed E-state index contributed by atoms with van der Waals surface area (Å²) in [6.07, 6.45) is 0. The van der Waals surface area contributed by atoms with Crippen LogP contribution in [0.5, 0.6) is 11.5 Å². The van der Waals surface area contributed by atoms with Crippen LogP contribution in [-0.2, 0) is 4.79 Å². The zero-order chi connectivity index (χ0) is 15.3. The molecule has 0 bridgehead atoms. The van der Waals surface area contributed by atoms with Crippen LogP contribution >= 0.6 is 0 Å². The van der Waals surface area contributed by atoms with Gasteiger partial charge in [-0.15, -0.1) is 0 Å². The lowest BCUT2D eigenvalue weighted by atomic mass is 10.1. The number of hydrogen-bond acceptors (Lipinski definition) is 4. The fourth-order valence-corrected chi connectivity index (χ4v) is 1.34. The van der Waals surface area contributed by atoms with Crippen molar-refractivity contribution in [2.24, 2.45) is 0 Å². The Hall–Kier alpha value is -2.38. The van der Waals surface area contributed by atoms with Gasteiger partial charge in [0.1, 0.15) is 6.04 Å². The molecule has 0 saturated carbocycles. The minimum Gasteiger partial charge on any atom is -0.493 e. The summed E-state index contributed by atoms with van der Waals surface area (Å²) in [6, 6.07) is 2.47. The molecule has 0 aromatic heterocycles. The second kappa shape index (κ2) is 6.69. The molecule has 0 spiro atoms. The predicted molar refractivity (Wildman–Crippen MR) is 64.2 cm³/mol. The van der Waals surface area contributed by atoms with E-state index in [0.29, 0.717) is 0 Å². The SMILES string of the molecule is COc1cc(C(=O)N[C@H](C)C(=O)O)ccc1OC(F)F. The van der Waals surface area contributed by atoms with Crippen LogP contribution in [0.15, 0.2) is 18.2 Å². The molecule has 0 fully saturated rings. The van der Waals surface area contributed by atoms with Gasteiger partial charge in [-0.2, -0.15) is 8.78 Å². The lowest BCUT2D eigenvalue weighted by Gasteiger charge is -2.12. The Morgan fingerprint density at radius 1 is 1.30 bits per heavy atom. The third-order valence-electron chi connectivity index (χ3n) is 2.36. The van der Waals surface area contributed by atoms with E-state index in [0.717, 1.165) is 6.07 Å². The van der Waals surface area contributed by atoms with Gasteiger partial charge in [0.15, 0.2) is 11.5 Å². The van der Waals surface area contributed by atoms with E-state index >= 15 is 0 Å². The molecule has 1 rings (SSSR count). The molecule has 1 atom stereocenters. The number of ether oxygens (including phenoxy) is 2. The summed E-state index contributed by atoms with van der Waals surface area (Å²) in [5.74, 6) is -2.13. The highest BCUT2D eigenvalue weighted by atomic mass is 19.3. The number of alkyl halides is 2. The molecule has 6 nitrogen and oxygen atoms in total. The van der Waals surface area contributed by atoms with E-state index in [1.807, 2.05) is 0 Å². The van der Waals surface area contributed by atoms with Gasteiger partial charge in [-0.1, -0.05) is 0 Å². The van der Waals surface area contributed by atoms with Crippen molar-refractivity contribution in [3.05, 3.63) is 23.8 Å². The molecule has 1 aromatic rings. The first-order valence-corrected chi connectivity index (χ1v) is 5.51. The minimum atomic E-state index is -3.02. The first-order valence-electron chi connectivity index (χ1n) is 5.51. The van der Waals surface area contributed by atoms with E-state index in [4.69, 9.17) is 9.84 Å². The molecule has 1 aromatic carbocycles. The number of nitrogens with one attached hydrogen (secondary N) is 1. The minimum absolute atomic E-state index is 0.0547. The fourth-order valence-electron chi connectivity index (χ4n) is 1.34. The molecule has 110 valence electrons. The number of carboxylic acids is 1. The maximum atomic E-state index is 12.1. The number of methoxy groups -OCH3 is 1. The molecule has 0 heterocycles. The quantitative estimate of drug-likeness (QED) is 0.829. The zero-order valence-corrected chi connectivity index (χ0v) is 10.7. The Morgan fingerprint density at radius 2 is 1.95 bits per heavy atom. The van der Waals surface area contributed by atoms with Crippen molar-refractivity contribution in [2.75, 3.05) is 7.11 Å². The fraction of sp³-hybridized carbons (Fsp3) is 0.333. The summed E-state index contributed by atoms with van der Waals surface area (Å²) in [4.78, 5) is 22.4. The molecular formula is C12H13F2NO5. The monoisotopic (exact) mass is 289 g/mol. The number of amides is 1. The molecule has 0 aliphatic carbocycles. The van der Waals surface area contributed by atoms with Crippen LogP contribution in [0, 0.1) is 0 Å². The van der Waals surface area contributed by atoms with E-state index in [1.165, 1.54) is 26.2 Å². The van der Waals surface area contributed by atoms with Crippen molar-refractivity contribution in [3.8, 4) is 11.5 Å². The molecule has 8 heteroatoms. The van der Waals surface area contributed by atoms with Crippen LogP contribution in [0.4, 0.5) is 8.78 Å². The maximum Gasteiger partial charge on any atom is 0.387 e. The van der Waals surface area contributed by atoms with E-state index in [9.17, 15) is 18.4 Å². The smallest absolute Gasteiger partial charge is 0.387 e. The molecule has 1 amide bonds. The third-order valence-corrected chi connectivity index (χ3v) is 2.36.